The van der Waals surface area contributed by atoms with E-state index in [1.807, 2.05) is 0 Å². The molecular weight excluding hydrogens is 374 g/mol. The lowest BCUT2D eigenvalue weighted by Crippen LogP contribution is -2.37. The van der Waals surface area contributed by atoms with E-state index in [0.717, 1.165) is 12.1 Å². The third kappa shape index (κ3) is 4.62. The zero-order valence-corrected chi connectivity index (χ0v) is 13.6. The fourth-order valence-electron chi connectivity index (χ4n) is 1.84. The van der Waals surface area contributed by atoms with Crippen LogP contribution in [0.5, 0.6) is 0 Å². The van der Waals surface area contributed by atoms with E-state index in [2.05, 4.69) is 26.6 Å². The molecule has 0 saturated heterocycles. The first-order valence-electron chi connectivity index (χ1n) is 6.64. The van der Waals surface area contributed by atoms with Gasteiger partial charge in [-0.05, 0) is 52.7 Å². The van der Waals surface area contributed by atoms with E-state index in [9.17, 15) is 18.4 Å². The molecule has 0 aliphatic heterocycles. The first-order chi connectivity index (χ1) is 10.9. The zero-order chi connectivity index (χ0) is 17.0. The number of rotatable bonds is 5. The summed E-state index contributed by atoms with van der Waals surface area (Å²) >= 11 is 3.07. The monoisotopic (exact) mass is 386 g/mol. The smallest absolute Gasteiger partial charge is 0.287 e. The molecule has 2 aromatic rings. The fourth-order valence-corrected chi connectivity index (χ4v) is 2.15. The normalized spacial score (nSPS) is 11.8. The molecule has 2 amide bonds. The Labute approximate surface area is 139 Å². The summed E-state index contributed by atoms with van der Waals surface area (Å²) in [5, 5.41) is 4.96. The Kier molecular flexibility index (Phi) is 5.49. The molecule has 8 heteroatoms. The summed E-state index contributed by atoms with van der Waals surface area (Å²) < 4.78 is 31.5. The molecule has 0 spiro atoms. The van der Waals surface area contributed by atoms with Gasteiger partial charge < -0.3 is 15.1 Å². The maximum Gasteiger partial charge on any atom is 0.287 e. The molecule has 122 valence electrons. The highest BCUT2D eigenvalue weighted by molar-refractivity contribution is 9.10. The summed E-state index contributed by atoms with van der Waals surface area (Å²) in [4.78, 5) is 23.5. The quantitative estimate of drug-likeness (QED) is 0.829. The Balaban J connectivity index is 1.86. The molecule has 2 rings (SSSR count). The summed E-state index contributed by atoms with van der Waals surface area (Å²) in [7, 11) is 0. The standard InChI is InChI=1S/C15H13BrF2N2O3/c1-8(9-2-3-10(17)11(18)6-9)20-14(21)7-19-15(22)12-4-5-13(16)23-12/h2-6,8H,7H2,1H3,(H,19,22)(H,20,21)/t8-/m0/s1. The van der Waals surface area contributed by atoms with Crippen molar-refractivity contribution in [2.45, 2.75) is 13.0 Å². The third-order valence-corrected chi connectivity index (χ3v) is 3.45. The van der Waals surface area contributed by atoms with Crippen LogP contribution >= 0.6 is 15.9 Å². The second kappa shape index (κ2) is 7.36. The van der Waals surface area contributed by atoms with Crippen molar-refractivity contribution in [3.8, 4) is 0 Å². The van der Waals surface area contributed by atoms with Gasteiger partial charge in [-0.2, -0.15) is 0 Å². The Morgan fingerprint density at radius 1 is 1.22 bits per heavy atom. The highest BCUT2D eigenvalue weighted by atomic mass is 79.9. The van der Waals surface area contributed by atoms with Crippen LogP contribution in [0.15, 0.2) is 39.4 Å². The summed E-state index contributed by atoms with van der Waals surface area (Å²) in [6.07, 6.45) is 0. The Bertz CT molecular complexity index is 733. The molecule has 0 saturated carbocycles. The van der Waals surface area contributed by atoms with Crippen molar-refractivity contribution in [3.05, 3.63) is 58.0 Å². The Morgan fingerprint density at radius 2 is 1.96 bits per heavy atom. The van der Waals surface area contributed by atoms with Gasteiger partial charge in [0.1, 0.15) is 0 Å². The van der Waals surface area contributed by atoms with Crippen molar-refractivity contribution in [2.75, 3.05) is 6.54 Å². The van der Waals surface area contributed by atoms with E-state index in [1.54, 1.807) is 13.0 Å². The molecule has 0 bridgehead atoms. The number of amides is 2. The SMILES string of the molecule is C[C@H](NC(=O)CNC(=O)c1ccc(Br)o1)c1ccc(F)c(F)c1. The van der Waals surface area contributed by atoms with Gasteiger partial charge in [0.2, 0.25) is 5.91 Å². The van der Waals surface area contributed by atoms with Crippen LogP contribution in [0, 0.1) is 11.6 Å². The van der Waals surface area contributed by atoms with Gasteiger partial charge in [-0.15, -0.1) is 0 Å². The van der Waals surface area contributed by atoms with Crippen molar-refractivity contribution in [3.63, 3.8) is 0 Å². The topological polar surface area (TPSA) is 71.3 Å². The number of carbonyl (C=O) groups is 2. The minimum absolute atomic E-state index is 0.0679. The number of hydrogen-bond acceptors (Lipinski definition) is 3. The molecule has 1 atom stereocenters. The first kappa shape index (κ1) is 17.1. The van der Waals surface area contributed by atoms with Crippen molar-refractivity contribution in [1.82, 2.24) is 10.6 Å². The minimum atomic E-state index is -0.986. The van der Waals surface area contributed by atoms with Crippen LogP contribution in [-0.2, 0) is 4.79 Å². The number of benzene rings is 1. The molecular formula is C15H13BrF2N2O3. The number of carbonyl (C=O) groups excluding carboxylic acids is 2. The second-order valence-electron chi connectivity index (χ2n) is 4.75. The molecule has 2 N–H and O–H groups in total. The molecule has 0 aliphatic carbocycles. The van der Waals surface area contributed by atoms with Gasteiger partial charge in [-0.1, -0.05) is 6.07 Å². The van der Waals surface area contributed by atoms with Crippen molar-refractivity contribution in [1.29, 1.82) is 0 Å². The maximum atomic E-state index is 13.2. The average Bonchev–Trinajstić information content (AvgIpc) is 2.94. The predicted molar refractivity (Wildman–Crippen MR) is 81.7 cm³/mol. The van der Waals surface area contributed by atoms with Gasteiger partial charge in [0.15, 0.2) is 22.1 Å². The van der Waals surface area contributed by atoms with E-state index in [4.69, 9.17) is 4.42 Å². The molecule has 1 aromatic heterocycles. The molecule has 1 heterocycles. The van der Waals surface area contributed by atoms with Gasteiger partial charge in [-0.25, -0.2) is 8.78 Å². The minimum Gasteiger partial charge on any atom is -0.444 e. The fraction of sp³-hybridized carbons (Fsp3) is 0.200. The highest BCUT2D eigenvalue weighted by Gasteiger charge is 2.14. The van der Waals surface area contributed by atoms with Crippen LogP contribution in [0.25, 0.3) is 0 Å². The van der Waals surface area contributed by atoms with Crippen molar-refractivity contribution in [2.24, 2.45) is 0 Å². The van der Waals surface area contributed by atoms with E-state index in [1.165, 1.54) is 12.1 Å². The van der Waals surface area contributed by atoms with E-state index >= 15 is 0 Å². The van der Waals surface area contributed by atoms with Gasteiger partial charge in [-0.3, -0.25) is 9.59 Å². The first-order valence-corrected chi connectivity index (χ1v) is 7.44. The van der Waals surface area contributed by atoms with Crippen LogP contribution in [0.3, 0.4) is 0 Å². The van der Waals surface area contributed by atoms with E-state index in [-0.39, 0.29) is 12.3 Å². The van der Waals surface area contributed by atoms with E-state index < -0.39 is 29.5 Å². The Hall–Kier alpha value is -2.22. The average molecular weight is 387 g/mol. The molecule has 0 fully saturated rings. The van der Waals surface area contributed by atoms with Gasteiger partial charge in [0, 0.05) is 0 Å². The lowest BCUT2D eigenvalue weighted by Gasteiger charge is -2.14. The largest absolute Gasteiger partial charge is 0.444 e. The van der Waals surface area contributed by atoms with Gasteiger partial charge in [0.25, 0.3) is 5.91 Å². The van der Waals surface area contributed by atoms with Crippen molar-refractivity contribution < 1.29 is 22.8 Å². The third-order valence-electron chi connectivity index (χ3n) is 3.03. The predicted octanol–water partition coefficient (Wildman–Crippen LogP) is 2.93. The Morgan fingerprint density at radius 3 is 2.57 bits per heavy atom. The van der Waals surface area contributed by atoms with E-state index in [0.29, 0.717) is 10.2 Å². The summed E-state index contributed by atoms with van der Waals surface area (Å²) in [5.41, 5.74) is 0.415. The lowest BCUT2D eigenvalue weighted by atomic mass is 10.1. The van der Waals surface area contributed by atoms with Crippen LogP contribution in [0.2, 0.25) is 0 Å². The van der Waals surface area contributed by atoms with Gasteiger partial charge in [0.05, 0.1) is 12.6 Å². The molecule has 0 aliphatic rings. The molecule has 1 aromatic carbocycles. The summed E-state index contributed by atoms with van der Waals surface area (Å²) in [5.74, 6) is -2.88. The number of furan rings is 1. The zero-order valence-electron chi connectivity index (χ0n) is 12.0. The van der Waals surface area contributed by atoms with Crippen LogP contribution in [-0.4, -0.2) is 18.4 Å². The van der Waals surface area contributed by atoms with Crippen molar-refractivity contribution >= 4 is 27.7 Å². The number of halogens is 3. The summed E-state index contributed by atoms with van der Waals surface area (Å²) in [6, 6.07) is 5.86. The molecule has 0 unspecified atom stereocenters. The lowest BCUT2D eigenvalue weighted by molar-refractivity contribution is -0.120. The molecule has 23 heavy (non-hydrogen) atoms. The summed E-state index contributed by atoms with van der Waals surface area (Å²) in [6.45, 7) is 1.35. The maximum absolute atomic E-state index is 13.2. The number of nitrogens with one attached hydrogen (secondary N) is 2. The van der Waals surface area contributed by atoms with Gasteiger partial charge >= 0.3 is 0 Å². The molecule has 5 nitrogen and oxygen atoms in total. The van der Waals surface area contributed by atoms with Crippen LogP contribution in [0.1, 0.15) is 29.1 Å². The molecule has 0 radical (unpaired) electrons. The highest BCUT2D eigenvalue weighted by Crippen LogP contribution is 2.16. The van der Waals surface area contributed by atoms with Crippen LogP contribution < -0.4 is 10.6 Å². The van der Waals surface area contributed by atoms with Crippen LogP contribution in [0.4, 0.5) is 8.78 Å². The second-order valence-corrected chi connectivity index (χ2v) is 5.53. The number of hydrogen-bond donors (Lipinski definition) is 2.